The summed E-state index contributed by atoms with van der Waals surface area (Å²) in [5.74, 6) is -0.675. The molecule has 1 saturated carbocycles. The number of nitrogens with zero attached hydrogens (tertiary/aromatic N) is 1. The van der Waals surface area contributed by atoms with E-state index in [1.165, 1.54) is 12.1 Å². The Morgan fingerprint density at radius 2 is 2.05 bits per heavy atom. The molecule has 0 unspecified atom stereocenters. The molecule has 0 aromatic heterocycles. The molecule has 1 aromatic rings. The molecule has 0 N–H and O–H groups in total. The first kappa shape index (κ1) is 14.7. The maximum absolute atomic E-state index is 12.5. The van der Waals surface area contributed by atoms with Crippen molar-refractivity contribution < 1.29 is 18.0 Å². The van der Waals surface area contributed by atoms with Crippen molar-refractivity contribution in [3.63, 3.8) is 0 Å². The number of amides is 1. The Hall–Kier alpha value is -0.750. The van der Waals surface area contributed by atoms with Crippen LogP contribution in [0.3, 0.4) is 0 Å². The number of carbonyl (C=O) groups is 1. The normalized spacial score (nSPS) is 15.4. The van der Waals surface area contributed by atoms with Crippen molar-refractivity contribution in [2.75, 3.05) is 6.54 Å². The Kier molecular flexibility index (Phi) is 4.11. The van der Waals surface area contributed by atoms with Crippen molar-refractivity contribution in [1.82, 2.24) is 4.90 Å². The zero-order valence-electron chi connectivity index (χ0n) is 9.68. The van der Waals surface area contributed by atoms with Gasteiger partial charge in [0.25, 0.3) is 5.91 Å². The average Bonchev–Trinajstić information content (AvgIpc) is 3.11. The molecule has 1 aromatic carbocycles. The average molecular weight is 357 g/mol. The molecule has 1 fully saturated rings. The summed E-state index contributed by atoms with van der Waals surface area (Å²) in [6.07, 6.45) is -3.20. The maximum atomic E-state index is 12.5. The maximum Gasteiger partial charge on any atom is 0.406 e. The molecule has 104 valence electrons. The summed E-state index contributed by atoms with van der Waals surface area (Å²) >= 11 is 9.06. The van der Waals surface area contributed by atoms with Gasteiger partial charge in [0.2, 0.25) is 0 Å². The first-order valence-corrected chi connectivity index (χ1v) is 6.78. The summed E-state index contributed by atoms with van der Waals surface area (Å²) in [7, 11) is 0. The number of carbonyl (C=O) groups excluding carboxylic acids is 1. The van der Waals surface area contributed by atoms with Gasteiger partial charge in [0.15, 0.2) is 0 Å². The summed E-state index contributed by atoms with van der Waals surface area (Å²) in [6, 6.07) is 4.22. The second kappa shape index (κ2) is 5.32. The SMILES string of the molecule is O=C(c1cc(Br)ccc1Cl)N(CC(F)(F)F)C1CC1. The topological polar surface area (TPSA) is 20.3 Å². The minimum absolute atomic E-state index is 0.0900. The van der Waals surface area contributed by atoms with Gasteiger partial charge in [-0.15, -0.1) is 0 Å². The van der Waals surface area contributed by atoms with Gasteiger partial charge in [0.1, 0.15) is 6.54 Å². The second-order valence-corrected chi connectivity index (χ2v) is 5.73. The number of rotatable bonds is 3. The number of alkyl halides is 3. The van der Waals surface area contributed by atoms with Crippen LogP contribution in [-0.2, 0) is 0 Å². The van der Waals surface area contributed by atoms with Gasteiger partial charge in [-0.1, -0.05) is 27.5 Å². The predicted octanol–water partition coefficient (Wildman–Crippen LogP) is 4.27. The van der Waals surface area contributed by atoms with E-state index in [9.17, 15) is 18.0 Å². The van der Waals surface area contributed by atoms with Crippen LogP contribution >= 0.6 is 27.5 Å². The Morgan fingerprint density at radius 1 is 1.42 bits per heavy atom. The van der Waals surface area contributed by atoms with E-state index in [1.54, 1.807) is 6.07 Å². The molecule has 2 rings (SSSR count). The molecule has 0 aliphatic heterocycles. The minimum Gasteiger partial charge on any atom is -0.327 e. The highest BCUT2D eigenvalue weighted by molar-refractivity contribution is 9.10. The first-order valence-electron chi connectivity index (χ1n) is 5.61. The Labute approximate surface area is 121 Å². The van der Waals surface area contributed by atoms with Gasteiger partial charge in [-0.05, 0) is 31.0 Å². The minimum atomic E-state index is -4.41. The lowest BCUT2D eigenvalue weighted by Crippen LogP contribution is -2.40. The zero-order chi connectivity index (χ0) is 14.2. The van der Waals surface area contributed by atoms with Crippen LogP contribution in [0.5, 0.6) is 0 Å². The highest BCUT2D eigenvalue weighted by Crippen LogP contribution is 2.33. The lowest BCUT2D eigenvalue weighted by atomic mass is 10.2. The van der Waals surface area contributed by atoms with E-state index < -0.39 is 18.6 Å². The summed E-state index contributed by atoms with van der Waals surface area (Å²) in [5.41, 5.74) is 0.0900. The standard InChI is InChI=1S/C12H10BrClF3NO/c13-7-1-4-10(14)9(5-7)11(19)18(8-2-3-8)6-12(15,16)17/h1,4-5,8H,2-3,6H2. The molecule has 1 aliphatic carbocycles. The summed E-state index contributed by atoms with van der Waals surface area (Å²) < 4.78 is 38.1. The fourth-order valence-corrected chi connectivity index (χ4v) is 2.32. The Morgan fingerprint density at radius 3 is 2.58 bits per heavy atom. The molecule has 7 heteroatoms. The fourth-order valence-electron chi connectivity index (χ4n) is 1.76. The van der Waals surface area contributed by atoms with Gasteiger partial charge >= 0.3 is 6.18 Å². The molecule has 19 heavy (non-hydrogen) atoms. The van der Waals surface area contributed by atoms with Gasteiger partial charge in [-0.2, -0.15) is 13.2 Å². The van der Waals surface area contributed by atoms with Gasteiger partial charge in [0, 0.05) is 10.5 Å². The van der Waals surface area contributed by atoms with Crippen LogP contribution in [0.1, 0.15) is 23.2 Å². The number of halogens is 5. The second-order valence-electron chi connectivity index (χ2n) is 4.40. The van der Waals surface area contributed by atoms with E-state index in [-0.39, 0.29) is 16.6 Å². The van der Waals surface area contributed by atoms with E-state index in [2.05, 4.69) is 15.9 Å². The van der Waals surface area contributed by atoms with Crippen molar-refractivity contribution >= 4 is 33.4 Å². The zero-order valence-corrected chi connectivity index (χ0v) is 12.0. The summed E-state index contributed by atoms with van der Waals surface area (Å²) in [5, 5.41) is 0.154. The lowest BCUT2D eigenvalue weighted by molar-refractivity contribution is -0.141. The van der Waals surface area contributed by atoms with Crippen LogP contribution in [-0.4, -0.2) is 29.6 Å². The van der Waals surface area contributed by atoms with E-state index >= 15 is 0 Å². The van der Waals surface area contributed by atoms with Crippen LogP contribution in [0.25, 0.3) is 0 Å². The van der Waals surface area contributed by atoms with Crippen molar-refractivity contribution in [2.24, 2.45) is 0 Å². The monoisotopic (exact) mass is 355 g/mol. The molecule has 0 atom stereocenters. The summed E-state index contributed by atoms with van der Waals surface area (Å²) in [6.45, 7) is -1.24. The fraction of sp³-hybridized carbons (Fsp3) is 0.417. The van der Waals surface area contributed by atoms with Crippen molar-refractivity contribution in [3.05, 3.63) is 33.3 Å². The molecule has 0 heterocycles. The van der Waals surface area contributed by atoms with E-state index in [4.69, 9.17) is 11.6 Å². The van der Waals surface area contributed by atoms with Crippen LogP contribution in [0.2, 0.25) is 5.02 Å². The molecule has 2 nitrogen and oxygen atoms in total. The Bertz CT molecular complexity index is 502. The predicted molar refractivity (Wildman–Crippen MR) is 69.3 cm³/mol. The van der Waals surface area contributed by atoms with Crippen LogP contribution < -0.4 is 0 Å². The number of hydrogen-bond donors (Lipinski definition) is 0. The smallest absolute Gasteiger partial charge is 0.327 e. The third kappa shape index (κ3) is 3.86. The van der Waals surface area contributed by atoms with Crippen molar-refractivity contribution in [3.8, 4) is 0 Å². The third-order valence-corrected chi connectivity index (χ3v) is 3.58. The van der Waals surface area contributed by atoms with Gasteiger partial charge in [-0.3, -0.25) is 4.79 Å². The molecule has 0 saturated heterocycles. The summed E-state index contributed by atoms with van der Waals surface area (Å²) in [4.78, 5) is 13.1. The lowest BCUT2D eigenvalue weighted by Gasteiger charge is -2.24. The molecule has 1 amide bonds. The van der Waals surface area contributed by atoms with Gasteiger partial charge in [0.05, 0.1) is 10.6 Å². The van der Waals surface area contributed by atoms with Crippen LogP contribution in [0, 0.1) is 0 Å². The van der Waals surface area contributed by atoms with Gasteiger partial charge < -0.3 is 4.90 Å². The number of benzene rings is 1. The first-order chi connectivity index (χ1) is 8.78. The molecular formula is C12H10BrClF3NO. The third-order valence-electron chi connectivity index (χ3n) is 2.76. The van der Waals surface area contributed by atoms with E-state index in [1.807, 2.05) is 0 Å². The van der Waals surface area contributed by atoms with Crippen LogP contribution in [0.15, 0.2) is 22.7 Å². The molecule has 0 radical (unpaired) electrons. The van der Waals surface area contributed by atoms with Crippen molar-refractivity contribution in [2.45, 2.75) is 25.1 Å². The number of hydrogen-bond acceptors (Lipinski definition) is 1. The van der Waals surface area contributed by atoms with E-state index in [0.29, 0.717) is 17.3 Å². The van der Waals surface area contributed by atoms with Crippen LogP contribution in [0.4, 0.5) is 13.2 Å². The molecule has 0 bridgehead atoms. The highest BCUT2D eigenvalue weighted by atomic mass is 79.9. The highest BCUT2D eigenvalue weighted by Gasteiger charge is 2.41. The van der Waals surface area contributed by atoms with E-state index in [0.717, 1.165) is 4.90 Å². The Balaban J connectivity index is 2.26. The van der Waals surface area contributed by atoms with Gasteiger partial charge in [-0.25, -0.2) is 0 Å². The quantitative estimate of drug-likeness (QED) is 0.792. The van der Waals surface area contributed by atoms with Crippen molar-refractivity contribution in [1.29, 1.82) is 0 Å². The molecule has 1 aliphatic rings. The molecule has 0 spiro atoms. The molecular weight excluding hydrogens is 346 g/mol. The largest absolute Gasteiger partial charge is 0.406 e.